The van der Waals surface area contributed by atoms with Crippen molar-refractivity contribution in [2.45, 2.75) is 50.6 Å². The smallest absolute Gasteiger partial charge is 0.183 e. The normalized spacial score (nSPS) is 26.4. The first-order valence-electron chi connectivity index (χ1n) is 7.61. The molecule has 1 aromatic rings. The molecule has 5 heteroatoms. The van der Waals surface area contributed by atoms with Crippen LogP contribution < -0.4 is 5.73 Å². The van der Waals surface area contributed by atoms with E-state index in [-0.39, 0.29) is 6.04 Å². The Bertz CT molecular complexity index is 437. The third-order valence-corrected chi connectivity index (χ3v) is 6.61. The quantitative estimate of drug-likeness (QED) is 0.803. The van der Waals surface area contributed by atoms with Gasteiger partial charge in [-0.25, -0.2) is 0 Å². The van der Waals surface area contributed by atoms with Crippen molar-refractivity contribution in [2.75, 3.05) is 13.1 Å². The van der Waals surface area contributed by atoms with E-state index in [1.54, 1.807) is 0 Å². The topological polar surface area (TPSA) is 42.4 Å². The molecule has 1 aliphatic carbocycles. The van der Waals surface area contributed by atoms with E-state index in [0.717, 1.165) is 27.4 Å². The van der Waals surface area contributed by atoms with Crippen molar-refractivity contribution in [1.82, 2.24) is 4.90 Å². The van der Waals surface area contributed by atoms with Gasteiger partial charge in [0, 0.05) is 12.6 Å². The van der Waals surface area contributed by atoms with Gasteiger partial charge in [0.05, 0.1) is 10.5 Å². The van der Waals surface area contributed by atoms with Crippen LogP contribution in [0.2, 0.25) is 0 Å². The van der Waals surface area contributed by atoms with Crippen LogP contribution in [-0.4, -0.2) is 24.0 Å². The second kappa shape index (κ2) is 6.51. The number of furan rings is 1. The van der Waals surface area contributed by atoms with Gasteiger partial charge < -0.3 is 10.2 Å². The molecule has 2 fully saturated rings. The fraction of sp³-hybridized carbons (Fsp3) is 0.733. The van der Waals surface area contributed by atoms with Crippen LogP contribution in [0.3, 0.4) is 0 Å². The lowest BCUT2D eigenvalue weighted by molar-refractivity contribution is 0.123. The lowest BCUT2D eigenvalue weighted by Crippen LogP contribution is -2.40. The molecule has 20 heavy (non-hydrogen) atoms. The van der Waals surface area contributed by atoms with E-state index in [1.807, 2.05) is 0 Å². The summed E-state index contributed by atoms with van der Waals surface area (Å²) in [6.07, 6.45) is 8.21. The zero-order chi connectivity index (χ0) is 14.1. The molecule has 2 aliphatic rings. The summed E-state index contributed by atoms with van der Waals surface area (Å²) in [5.41, 5.74) is 6.07. The van der Waals surface area contributed by atoms with Gasteiger partial charge in [0.2, 0.25) is 0 Å². The van der Waals surface area contributed by atoms with E-state index in [2.05, 4.69) is 42.8 Å². The Hall–Kier alpha value is 0.160. The van der Waals surface area contributed by atoms with E-state index < -0.39 is 0 Å². The molecule has 112 valence electrons. The van der Waals surface area contributed by atoms with Crippen LogP contribution in [0.25, 0.3) is 0 Å². The maximum absolute atomic E-state index is 6.07. The highest BCUT2D eigenvalue weighted by molar-refractivity contribution is 9.13. The highest BCUT2D eigenvalue weighted by atomic mass is 79.9. The van der Waals surface area contributed by atoms with Crippen molar-refractivity contribution in [3.63, 3.8) is 0 Å². The maximum Gasteiger partial charge on any atom is 0.183 e. The van der Waals surface area contributed by atoms with Crippen LogP contribution >= 0.6 is 31.9 Å². The molecule has 2 heterocycles. The van der Waals surface area contributed by atoms with Gasteiger partial charge >= 0.3 is 0 Å². The average Bonchev–Trinajstić information content (AvgIpc) is 3.13. The van der Waals surface area contributed by atoms with Crippen LogP contribution in [0, 0.1) is 5.92 Å². The minimum atomic E-state index is 0.214. The SMILES string of the molecule is NCC(c1cc(Br)c(Br)o1)N1CCCC1C1CCCC1. The number of nitrogens with two attached hydrogens (primary N) is 1. The lowest BCUT2D eigenvalue weighted by atomic mass is 9.95. The summed E-state index contributed by atoms with van der Waals surface area (Å²) < 4.78 is 7.58. The number of halogens is 2. The Balaban J connectivity index is 1.80. The molecule has 0 radical (unpaired) electrons. The summed E-state index contributed by atoms with van der Waals surface area (Å²) in [7, 11) is 0. The van der Waals surface area contributed by atoms with E-state index in [9.17, 15) is 0 Å². The number of hydrogen-bond acceptors (Lipinski definition) is 3. The Morgan fingerprint density at radius 3 is 2.60 bits per heavy atom. The van der Waals surface area contributed by atoms with E-state index in [0.29, 0.717) is 12.6 Å². The maximum atomic E-state index is 6.07. The van der Waals surface area contributed by atoms with E-state index in [1.165, 1.54) is 38.5 Å². The van der Waals surface area contributed by atoms with E-state index >= 15 is 0 Å². The van der Waals surface area contributed by atoms with Gasteiger partial charge in [0.15, 0.2) is 4.67 Å². The number of likely N-dealkylation sites (tertiary alicyclic amines) is 1. The summed E-state index contributed by atoms with van der Waals surface area (Å²) in [6.45, 7) is 1.77. The first kappa shape index (κ1) is 15.1. The molecule has 1 aliphatic heterocycles. The molecule has 3 rings (SSSR count). The predicted octanol–water partition coefficient (Wildman–Crippen LogP) is 4.46. The molecule has 1 saturated heterocycles. The average molecular weight is 406 g/mol. The highest BCUT2D eigenvalue weighted by Gasteiger charge is 2.38. The molecule has 2 atom stereocenters. The Kier molecular flexibility index (Phi) is 4.90. The summed E-state index contributed by atoms with van der Waals surface area (Å²) >= 11 is 6.93. The molecule has 0 spiro atoms. The first-order valence-corrected chi connectivity index (χ1v) is 9.20. The standard InChI is InChI=1S/C15H22Br2N2O/c16-11-8-14(20-15(11)17)13(9-18)19-7-3-6-12(19)10-4-1-2-5-10/h8,10,12-13H,1-7,9,18H2. The second-order valence-corrected chi connectivity index (χ2v) is 7.59. The third-order valence-electron chi connectivity index (χ3n) is 4.90. The predicted molar refractivity (Wildman–Crippen MR) is 87.6 cm³/mol. The minimum Gasteiger partial charge on any atom is -0.451 e. The third kappa shape index (κ3) is 2.87. The van der Waals surface area contributed by atoms with Crippen molar-refractivity contribution in [3.8, 4) is 0 Å². The zero-order valence-corrected chi connectivity index (χ0v) is 14.8. The van der Waals surface area contributed by atoms with Gasteiger partial charge in [-0.15, -0.1) is 0 Å². The van der Waals surface area contributed by atoms with Crippen LogP contribution in [0.15, 0.2) is 19.6 Å². The molecule has 0 aromatic carbocycles. The summed E-state index contributed by atoms with van der Waals surface area (Å²) in [6, 6.07) is 2.98. The molecule has 2 N–H and O–H groups in total. The molecule has 1 saturated carbocycles. The summed E-state index contributed by atoms with van der Waals surface area (Å²) in [5.74, 6) is 1.85. The molecular formula is C15H22Br2N2O. The van der Waals surface area contributed by atoms with Crippen LogP contribution in [0.1, 0.15) is 50.3 Å². The first-order chi connectivity index (χ1) is 9.70. The van der Waals surface area contributed by atoms with Crippen molar-refractivity contribution >= 4 is 31.9 Å². The van der Waals surface area contributed by atoms with Gasteiger partial charge in [-0.05, 0) is 76.1 Å². The Morgan fingerprint density at radius 1 is 1.25 bits per heavy atom. The Labute approximate surface area is 137 Å². The lowest BCUT2D eigenvalue weighted by Gasteiger charge is -2.34. The van der Waals surface area contributed by atoms with Crippen LogP contribution in [0.5, 0.6) is 0 Å². The number of hydrogen-bond donors (Lipinski definition) is 1. The summed E-state index contributed by atoms with van der Waals surface area (Å²) in [5, 5.41) is 0. The fourth-order valence-electron chi connectivity index (χ4n) is 3.99. The second-order valence-electron chi connectivity index (χ2n) is 6.01. The minimum absolute atomic E-state index is 0.214. The zero-order valence-electron chi connectivity index (χ0n) is 11.7. The van der Waals surface area contributed by atoms with Crippen molar-refractivity contribution in [2.24, 2.45) is 11.7 Å². The van der Waals surface area contributed by atoms with Gasteiger partial charge in [-0.1, -0.05) is 12.8 Å². The number of rotatable bonds is 4. The van der Waals surface area contributed by atoms with Crippen LogP contribution in [-0.2, 0) is 0 Å². The summed E-state index contributed by atoms with van der Waals surface area (Å²) in [4.78, 5) is 2.60. The molecular weight excluding hydrogens is 384 g/mol. The molecule has 0 amide bonds. The van der Waals surface area contributed by atoms with Crippen LogP contribution in [0.4, 0.5) is 0 Å². The molecule has 2 unspecified atom stereocenters. The largest absolute Gasteiger partial charge is 0.451 e. The van der Waals surface area contributed by atoms with Gasteiger partial charge in [-0.2, -0.15) is 0 Å². The van der Waals surface area contributed by atoms with E-state index in [4.69, 9.17) is 10.2 Å². The molecule has 0 bridgehead atoms. The van der Waals surface area contributed by atoms with Crippen molar-refractivity contribution < 1.29 is 4.42 Å². The highest BCUT2D eigenvalue weighted by Crippen LogP contribution is 2.40. The Morgan fingerprint density at radius 2 is 2.00 bits per heavy atom. The number of nitrogens with zero attached hydrogens (tertiary/aromatic N) is 1. The van der Waals surface area contributed by atoms with Crippen molar-refractivity contribution in [1.29, 1.82) is 0 Å². The van der Waals surface area contributed by atoms with Gasteiger partial charge in [0.1, 0.15) is 5.76 Å². The monoisotopic (exact) mass is 404 g/mol. The van der Waals surface area contributed by atoms with Gasteiger partial charge in [0.25, 0.3) is 0 Å². The molecule has 1 aromatic heterocycles. The van der Waals surface area contributed by atoms with Crippen molar-refractivity contribution in [3.05, 3.63) is 21.0 Å². The fourth-order valence-corrected chi connectivity index (χ4v) is 4.60. The van der Waals surface area contributed by atoms with Gasteiger partial charge in [-0.3, -0.25) is 4.90 Å². The molecule has 3 nitrogen and oxygen atoms in total.